The Balaban J connectivity index is 1.44. The number of piperidine rings is 1. The Labute approximate surface area is 164 Å². The van der Waals surface area contributed by atoms with Gasteiger partial charge in [-0.2, -0.15) is 0 Å². The van der Waals surface area contributed by atoms with Crippen LogP contribution in [0.4, 0.5) is 0 Å². The van der Waals surface area contributed by atoms with Gasteiger partial charge in [0.1, 0.15) is 5.69 Å². The zero-order valence-electron chi connectivity index (χ0n) is 16.5. The summed E-state index contributed by atoms with van der Waals surface area (Å²) in [6.07, 6.45) is 5.77. The average molecular weight is 385 g/mol. The Morgan fingerprint density at radius 3 is 2.89 bits per heavy atom. The molecule has 1 unspecified atom stereocenters. The summed E-state index contributed by atoms with van der Waals surface area (Å²) >= 11 is 0. The highest BCUT2D eigenvalue weighted by atomic mass is 16.6. The van der Waals surface area contributed by atoms with Gasteiger partial charge in [0.2, 0.25) is 5.91 Å². The van der Waals surface area contributed by atoms with Gasteiger partial charge >= 0.3 is 0 Å². The summed E-state index contributed by atoms with van der Waals surface area (Å²) in [5.41, 5.74) is 1.78. The predicted octanol–water partition coefficient (Wildman–Crippen LogP) is 2.11. The number of hydrogen-bond acceptors (Lipinski definition) is 6. The third-order valence-electron chi connectivity index (χ3n) is 5.28. The highest BCUT2D eigenvalue weighted by Crippen LogP contribution is 2.23. The maximum atomic E-state index is 12.6. The first-order valence-corrected chi connectivity index (χ1v) is 9.77. The molecule has 150 valence electrons. The first-order valence-electron chi connectivity index (χ1n) is 9.77. The summed E-state index contributed by atoms with van der Waals surface area (Å²) in [5.74, 6) is 0.323. The Kier molecular flexibility index (Phi) is 6.73. The van der Waals surface area contributed by atoms with Crippen molar-refractivity contribution in [2.45, 2.75) is 39.0 Å². The Hall–Kier alpha value is -2.77. The number of amides is 2. The Morgan fingerprint density at radius 1 is 1.32 bits per heavy atom. The fraction of sp³-hybridized carbons (Fsp3) is 0.550. The van der Waals surface area contributed by atoms with Gasteiger partial charge in [-0.15, -0.1) is 0 Å². The van der Waals surface area contributed by atoms with Gasteiger partial charge in [0, 0.05) is 51.4 Å². The van der Waals surface area contributed by atoms with Crippen molar-refractivity contribution < 1.29 is 14.2 Å². The summed E-state index contributed by atoms with van der Waals surface area (Å²) in [4.78, 5) is 32.9. The van der Waals surface area contributed by atoms with Crippen LogP contribution in [0.5, 0.6) is 0 Å². The monoisotopic (exact) mass is 385 g/mol. The molecule has 3 heterocycles. The number of aryl methyl sites for hydroxylation is 1. The van der Waals surface area contributed by atoms with E-state index in [4.69, 9.17) is 0 Å². The fourth-order valence-electron chi connectivity index (χ4n) is 3.53. The molecule has 1 aliphatic rings. The first-order chi connectivity index (χ1) is 13.5. The van der Waals surface area contributed by atoms with Crippen molar-refractivity contribution in [2.75, 3.05) is 26.7 Å². The molecule has 2 aromatic heterocycles. The largest absolute Gasteiger partial charge is 0.345 e. The van der Waals surface area contributed by atoms with E-state index >= 15 is 0 Å². The van der Waals surface area contributed by atoms with Crippen molar-refractivity contribution in [1.82, 2.24) is 25.1 Å². The van der Waals surface area contributed by atoms with E-state index in [0.29, 0.717) is 37.7 Å². The van der Waals surface area contributed by atoms with Crippen LogP contribution >= 0.6 is 0 Å². The number of likely N-dealkylation sites (tertiary alicyclic amines) is 1. The van der Waals surface area contributed by atoms with E-state index in [2.05, 4.69) is 19.9 Å². The van der Waals surface area contributed by atoms with Gasteiger partial charge in [0.05, 0.1) is 0 Å². The molecule has 0 spiro atoms. The van der Waals surface area contributed by atoms with Crippen molar-refractivity contribution in [3.05, 3.63) is 41.5 Å². The van der Waals surface area contributed by atoms with Crippen LogP contribution in [0.15, 0.2) is 29.0 Å². The zero-order chi connectivity index (χ0) is 19.9. The molecule has 1 fully saturated rings. The minimum atomic E-state index is -0.137. The lowest BCUT2D eigenvalue weighted by atomic mass is 9.93. The fourth-order valence-corrected chi connectivity index (χ4v) is 3.53. The SMILES string of the molecule is Cc1nonc1C(=O)N1CCCC(CCC(=O)N(C)CCc2ccccn2)C1. The van der Waals surface area contributed by atoms with Crippen LogP contribution in [0.1, 0.15) is 47.6 Å². The van der Waals surface area contributed by atoms with Crippen LogP contribution in [0, 0.1) is 12.8 Å². The van der Waals surface area contributed by atoms with Crippen LogP contribution in [0.25, 0.3) is 0 Å². The zero-order valence-corrected chi connectivity index (χ0v) is 16.5. The normalized spacial score (nSPS) is 16.8. The van der Waals surface area contributed by atoms with Crippen LogP contribution in [-0.4, -0.2) is 63.6 Å². The highest BCUT2D eigenvalue weighted by Gasteiger charge is 2.28. The van der Waals surface area contributed by atoms with Crippen LogP contribution in [-0.2, 0) is 11.2 Å². The van der Waals surface area contributed by atoms with Crippen LogP contribution in [0.2, 0.25) is 0 Å². The quantitative estimate of drug-likeness (QED) is 0.725. The summed E-state index contributed by atoms with van der Waals surface area (Å²) < 4.78 is 4.64. The molecule has 0 radical (unpaired) electrons. The van der Waals surface area contributed by atoms with E-state index in [-0.39, 0.29) is 17.5 Å². The molecule has 1 aliphatic heterocycles. The van der Waals surface area contributed by atoms with Crippen molar-refractivity contribution in [3.8, 4) is 0 Å². The third-order valence-corrected chi connectivity index (χ3v) is 5.28. The minimum absolute atomic E-state index is 0.135. The molecule has 0 bridgehead atoms. The van der Waals surface area contributed by atoms with Gasteiger partial charge in [-0.25, -0.2) is 4.63 Å². The van der Waals surface area contributed by atoms with E-state index < -0.39 is 0 Å². The predicted molar refractivity (Wildman–Crippen MR) is 102 cm³/mol. The minimum Gasteiger partial charge on any atom is -0.345 e. The van der Waals surface area contributed by atoms with Gasteiger partial charge in [0.15, 0.2) is 5.69 Å². The summed E-state index contributed by atoms with van der Waals surface area (Å²) in [6, 6.07) is 5.81. The molecule has 1 atom stereocenters. The third kappa shape index (κ3) is 5.15. The van der Waals surface area contributed by atoms with E-state index in [9.17, 15) is 9.59 Å². The van der Waals surface area contributed by atoms with Crippen LogP contribution in [0.3, 0.4) is 0 Å². The standard InChI is InChI=1S/C20H27N5O3/c1-15-19(23-28-22-15)20(27)25-12-5-6-16(14-25)8-9-18(26)24(2)13-10-17-7-3-4-11-21-17/h3-4,7,11,16H,5-6,8-10,12-14H2,1-2H3. The van der Waals surface area contributed by atoms with Crippen molar-refractivity contribution in [1.29, 1.82) is 0 Å². The van der Waals surface area contributed by atoms with Crippen LogP contribution < -0.4 is 0 Å². The van der Waals surface area contributed by atoms with Gasteiger partial charge < -0.3 is 9.80 Å². The van der Waals surface area contributed by atoms with Crippen molar-refractivity contribution in [2.24, 2.45) is 5.92 Å². The van der Waals surface area contributed by atoms with Gasteiger partial charge in [-0.3, -0.25) is 14.6 Å². The van der Waals surface area contributed by atoms with Gasteiger partial charge in [-0.1, -0.05) is 11.2 Å². The molecule has 2 aromatic rings. The summed E-state index contributed by atoms with van der Waals surface area (Å²) in [7, 11) is 1.84. The maximum Gasteiger partial charge on any atom is 0.278 e. The Bertz CT molecular complexity index is 792. The molecule has 1 saturated heterocycles. The second-order valence-electron chi connectivity index (χ2n) is 7.38. The smallest absolute Gasteiger partial charge is 0.278 e. The molecule has 0 aliphatic carbocycles. The summed E-state index contributed by atoms with van der Waals surface area (Å²) in [5, 5.41) is 7.40. The van der Waals surface area contributed by atoms with Crippen molar-refractivity contribution >= 4 is 11.8 Å². The number of hydrogen-bond donors (Lipinski definition) is 0. The molecule has 8 nitrogen and oxygen atoms in total. The molecular weight excluding hydrogens is 358 g/mol. The molecule has 0 saturated carbocycles. The summed E-state index contributed by atoms with van der Waals surface area (Å²) in [6.45, 7) is 3.73. The van der Waals surface area contributed by atoms with E-state index in [1.165, 1.54) is 0 Å². The molecule has 3 rings (SSSR count). The van der Waals surface area contributed by atoms with Gasteiger partial charge in [-0.05, 0) is 49.4 Å². The van der Waals surface area contributed by atoms with E-state index in [0.717, 1.165) is 31.4 Å². The first kappa shape index (κ1) is 20.0. The lowest BCUT2D eigenvalue weighted by molar-refractivity contribution is -0.130. The number of rotatable bonds is 7. The van der Waals surface area contributed by atoms with Gasteiger partial charge in [0.25, 0.3) is 5.91 Å². The molecule has 2 amide bonds. The number of carbonyl (C=O) groups is 2. The number of nitrogens with zero attached hydrogens (tertiary/aromatic N) is 5. The average Bonchev–Trinajstić information content (AvgIpc) is 3.16. The molecule has 0 aromatic carbocycles. The second-order valence-corrected chi connectivity index (χ2v) is 7.38. The number of carbonyl (C=O) groups excluding carboxylic acids is 2. The van der Waals surface area contributed by atoms with Crippen molar-refractivity contribution in [3.63, 3.8) is 0 Å². The number of likely N-dealkylation sites (N-methyl/N-ethyl adjacent to an activating group) is 1. The molecule has 28 heavy (non-hydrogen) atoms. The topological polar surface area (TPSA) is 92.4 Å². The molecule has 8 heteroatoms. The number of pyridine rings is 1. The lowest BCUT2D eigenvalue weighted by Crippen LogP contribution is -2.40. The number of aromatic nitrogens is 3. The van der Waals surface area contributed by atoms with E-state index in [1.54, 1.807) is 22.9 Å². The van der Waals surface area contributed by atoms with E-state index in [1.807, 2.05) is 25.2 Å². The maximum absolute atomic E-state index is 12.6. The second kappa shape index (κ2) is 9.43. The molecular formula is C20H27N5O3. The highest BCUT2D eigenvalue weighted by molar-refractivity contribution is 5.93. The lowest BCUT2D eigenvalue weighted by Gasteiger charge is -2.32. The molecule has 0 N–H and O–H groups in total. The Morgan fingerprint density at radius 2 is 2.18 bits per heavy atom.